The molecule has 2 aromatic rings. The smallest absolute Gasteiger partial charge is 0.260 e. The number of amides is 1. The van der Waals surface area contributed by atoms with E-state index in [2.05, 4.69) is 10.3 Å². The van der Waals surface area contributed by atoms with Crippen LogP contribution in [0.1, 0.15) is 34.8 Å². The minimum absolute atomic E-state index is 0.374. The molecule has 0 saturated heterocycles. The Bertz CT molecular complexity index is 682. The van der Waals surface area contributed by atoms with E-state index in [9.17, 15) is 13.6 Å². The molecule has 7 heteroatoms. The molecule has 0 bridgehead atoms. The Morgan fingerprint density at radius 2 is 2.15 bits per heavy atom. The zero-order chi connectivity index (χ0) is 14.3. The lowest BCUT2D eigenvalue weighted by atomic mass is 10.1. The first-order chi connectivity index (χ1) is 9.54. The highest BCUT2D eigenvalue weighted by molar-refractivity contribution is 7.14. The number of hydrogen-bond acceptors (Lipinski definition) is 4. The molecule has 1 aromatic carbocycles. The summed E-state index contributed by atoms with van der Waals surface area (Å²) >= 11 is 1.26. The number of nitrogens with two attached hydrogens (primary N) is 1. The van der Waals surface area contributed by atoms with Gasteiger partial charge in [0.25, 0.3) is 5.91 Å². The predicted molar refractivity (Wildman–Crippen MR) is 72.8 cm³/mol. The Kier molecular flexibility index (Phi) is 3.13. The van der Waals surface area contributed by atoms with Gasteiger partial charge in [0.2, 0.25) is 0 Å². The van der Waals surface area contributed by atoms with Crippen LogP contribution < -0.4 is 11.1 Å². The average molecular weight is 295 g/mol. The van der Waals surface area contributed by atoms with Crippen molar-refractivity contribution in [2.75, 3.05) is 11.1 Å². The molecule has 1 aliphatic carbocycles. The van der Waals surface area contributed by atoms with Crippen molar-refractivity contribution in [3.8, 4) is 0 Å². The van der Waals surface area contributed by atoms with Gasteiger partial charge in [-0.05, 0) is 25.0 Å². The lowest BCUT2D eigenvalue weighted by molar-refractivity contribution is 0.102. The second-order valence-electron chi connectivity index (χ2n) is 4.66. The van der Waals surface area contributed by atoms with Crippen LogP contribution in [0.4, 0.5) is 19.6 Å². The highest BCUT2D eigenvalue weighted by Gasteiger charge is 2.26. The largest absolute Gasteiger partial charge is 0.396 e. The number of carbonyl (C=O) groups is 1. The van der Waals surface area contributed by atoms with Crippen LogP contribution in [-0.2, 0) is 0 Å². The van der Waals surface area contributed by atoms with Crippen molar-refractivity contribution >= 4 is 28.1 Å². The highest BCUT2D eigenvalue weighted by Crippen LogP contribution is 2.40. The molecule has 1 fully saturated rings. The highest BCUT2D eigenvalue weighted by atomic mass is 32.1. The number of benzene rings is 1. The summed E-state index contributed by atoms with van der Waals surface area (Å²) < 4.78 is 26.9. The van der Waals surface area contributed by atoms with Crippen LogP contribution in [0.2, 0.25) is 0 Å². The second-order valence-corrected chi connectivity index (χ2v) is 5.52. The summed E-state index contributed by atoms with van der Waals surface area (Å²) in [6, 6.07) is 1.65. The van der Waals surface area contributed by atoms with E-state index in [-0.39, 0.29) is 0 Å². The molecule has 3 N–H and O–H groups in total. The van der Waals surface area contributed by atoms with Gasteiger partial charge in [0.15, 0.2) is 10.9 Å². The Labute approximate surface area is 117 Å². The van der Waals surface area contributed by atoms with Crippen LogP contribution in [0.15, 0.2) is 17.5 Å². The van der Waals surface area contributed by atoms with Gasteiger partial charge >= 0.3 is 0 Å². The maximum atomic E-state index is 13.7. The van der Waals surface area contributed by atoms with E-state index in [1.807, 2.05) is 5.38 Å². The van der Waals surface area contributed by atoms with Crippen molar-refractivity contribution in [3.63, 3.8) is 0 Å². The van der Waals surface area contributed by atoms with Gasteiger partial charge in [-0.25, -0.2) is 13.8 Å². The second kappa shape index (κ2) is 4.82. The molecule has 104 valence electrons. The molecule has 1 aliphatic rings. The van der Waals surface area contributed by atoms with E-state index >= 15 is 0 Å². The molecule has 0 radical (unpaired) electrons. The molecule has 1 aromatic heterocycles. The molecule has 20 heavy (non-hydrogen) atoms. The summed E-state index contributed by atoms with van der Waals surface area (Å²) in [6.45, 7) is 0. The Morgan fingerprint density at radius 1 is 1.40 bits per heavy atom. The van der Waals surface area contributed by atoms with Crippen molar-refractivity contribution in [1.29, 1.82) is 0 Å². The Hall–Kier alpha value is -2.02. The van der Waals surface area contributed by atoms with Gasteiger partial charge in [0, 0.05) is 11.3 Å². The number of anilines is 2. The topological polar surface area (TPSA) is 68.0 Å². The van der Waals surface area contributed by atoms with Gasteiger partial charge in [-0.1, -0.05) is 0 Å². The molecule has 0 atom stereocenters. The summed E-state index contributed by atoms with van der Waals surface area (Å²) in [5.41, 5.74) is 5.41. The van der Waals surface area contributed by atoms with E-state index in [1.54, 1.807) is 0 Å². The predicted octanol–water partition coefficient (Wildman–Crippen LogP) is 3.13. The SMILES string of the molecule is Nc1cc(F)cc(C(=O)Nc2nc(C3CC3)cs2)c1F. The third-order valence-corrected chi connectivity index (χ3v) is 3.82. The number of nitrogens with one attached hydrogen (secondary N) is 1. The van der Waals surface area contributed by atoms with E-state index in [0.717, 1.165) is 30.7 Å². The van der Waals surface area contributed by atoms with Crippen LogP contribution >= 0.6 is 11.3 Å². The summed E-state index contributed by atoms with van der Waals surface area (Å²) in [5, 5.41) is 4.70. The van der Waals surface area contributed by atoms with Gasteiger partial charge in [-0.2, -0.15) is 0 Å². The Balaban J connectivity index is 1.81. The van der Waals surface area contributed by atoms with Gasteiger partial charge in [-0.3, -0.25) is 10.1 Å². The quantitative estimate of drug-likeness (QED) is 0.855. The molecule has 1 amide bonds. The first-order valence-electron chi connectivity index (χ1n) is 6.06. The summed E-state index contributed by atoms with van der Waals surface area (Å²) in [6.07, 6.45) is 2.21. The molecule has 1 heterocycles. The van der Waals surface area contributed by atoms with Gasteiger partial charge in [0.1, 0.15) is 5.82 Å². The van der Waals surface area contributed by atoms with Crippen LogP contribution in [0.25, 0.3) is 0 Å². The van der Waals surface area contributed by atoms with Gasteiger partial charge in [-0.15, -0.1) is 11.3 Å². The Morgan fingerprint density at radius 3 is 2.85 bits per heavy atom. The summed E-state index contributed by atoms with van der Waals surface area (Å²) in [7, 11) is 0. The number of halogens is 2. The molecular formula is C13H11F2N3OS. The third-order valence-electron chi connectivity index (χ3n) is 3.05. The molecule has 0 unspecified atom stereocenters. The van der Waals surface area contributed by atoms with Crippen molar-refractivity contribution in [1.82, 2.24) is 4.98 Å². The van der Waals surface area contributed by atoms with E-state index in [1.165, 1.54) is 11.3 Å². The van der Waals surface area contributed by atoms with Gasteiger partial charge in [0.05, 0.1) is 16.9 Å². The minimum Gasteiger partial charge on any atom is -0.396 e. The first-order valence-corrected chi connectivity index (χ1v) is 6.94. The third kappa shape index (κ3) is 2.49. The lowest BCUT2D eigenvalue weighted by Gasteiger charge is -2.05. The monoisotopic (exact) mass is 295 g/mol. The minimum atomic E-state index is -0.928. The lowest BCUT2D eigenvalue weighted by Crippen LogP contribution is -2.15. The summed E-state index contributed by atoms with van der Waals surface area (Å²) in [5.74, 6) is -1.97. The van der Waals surface area contributed by atoms with Crippen LogP contribution in [-0.4, -0.2) is 10.9 Å². The number of hydrogen-bond donors (Lipinski definition) is 2. The van der Waals surface area contributed by atoms with Crippen molar-refractivity contribution in [2.45, 2.75) is 18.8 Å². The van der Waals surface area contributed by atoms with E-state index in [4.69, 9.17) is 5.73 Å². The van der Waals surface area contributed by atoms with Crippen LogP contribution in [0, 0.1) is 11.6 Å². The molecular weight excluding hydrogens is 284 g/mol. The maximum absolute atomic E-state index is 13.7. The molecule has 3 rings (SSSR count). The standard InChI is InChI=1S/C13H11F2N3OS/c14-7-3-8(11(15)9(16)4-7)12(19)18-13-17-10(5-20-13)6-1-2-6/h3-6H,1-2,16H2,(H,17,18,19). The van der Waals surface area contributed by atoms with Crippen molar-refractivity contribution in [2.24, 2.45) is 0 Å². The average Bonchev–Trinajstić information content (AvgIpc) is 3.15. The number of rotatable bonds is 3. The zero-order valence-electron chi connectivity index (χ0n) is 10.3. The van der Waals surface area contributed by atoms with Crippen molar-refractivity contribution in [3.05, 3.63) is 40.4 Å². The van der Waals surface area contributed by atoms with Crippen molar-refractivity contribution < 1.29 is 13.6 Å². The molecule has 4 nitrogen and oxygen atoms in total. The fraction of sp³-hybridized carbons (Fsp3) is 0.231. The van der Waals surface area contributed by atoms with E-state index < -0.39 is 28.8 Å². The number of thiazole rings is 1. The van der Waals surface area contributed by atoms with E-state index in [0.29, 0.717) is 11.0 Å². The fourth-order valence-electron chi connectivity index (χ4n) is 1.85. The molecule has 0 spiro atoms. The van der Waals surface area contributed by atoms with Crippen LogP contribution in [0.3, 0.4) is 0 Å². The number of nitrogen functional groups attached to an aromatic ring is 1. The molecule has 1 saturated carbocycles. The number of carbonyl (C=O) groups excluding carboxylic acids is 1. The zero-order valence-corrected chi connectivity index (χ0v) is 11.1. The first kappa shape index (κ1) is 13.0. The maximum Gasteiger partial charge on any atom is 0.260 e. The van der Waals surface area contributed by atoms with Crippen LogP contribution in [0.5, 0.6) is 0 Å². The van der Waals surface area contributed by atoms with Gasteiger partial charge < -0.3 is 5.73 Å². The number of nitrogens with zero attached hydrogens (tertiary/aromatic N) is 1. The molecule has 0 aliphatic heterocycles. The number of aromatic nitrogens is 1. The summed E-state index contributed by atoms with van der Waals surface area (Å²) in [4.78, 5) is 16.2. The normalized spacial score (nSPS) is 14.3. The fourth-order valence-corrected chi connectivity index (χ4v) is 2.64.